The third kappa shape index (κ3) is 4.18. The van der Waals surface area contributed by atoms with E-state index < -0.39 is 5.41 Å². The normalized spacial score (nSPS) is 21.0. The Bertz CT molecular complexity index is 804. The number of amides is 1. The van der Waals surface area contributed by atoms with Gasteiger partial charge in [-0.05, 0) is 62.3 Å². The molecule has 3 aliphatic rings. The molecule has 0 spiro atoms. The molecule has 0 aromatic heterocycles. The lowest BCUT2D eigenvalue weighted by molar-refractivity contribution is -0.165. The van der Waals surface area contributed by atoms with Crippen LogP contribution >= 0.6 is 0 Å². The molecule has 30 heavy (non-hydrogen) atoms. The van der Waals surface area contributed by atoms with Crippen LogP contribution < -0.4 is 9.47 Å². The lowest BCUT2D eigenvalue weighted by atomic mass is 9.63. The molecule has 0 bridgehead atoms. The first-order valence-corrected chi connectivity index (χ1v) is 11.2. The summed E-state index contributed by atoms with van der Waals surface area (Å²) < 4.78 is 16.2. The standard InChI is InChI=1S/C24H31NO5/c1-2-28-23(27)24(19-6-4-3-5-7-19)12-14-25(15-13-24)22(26)11-9-18-8-10-20-21(16-18)30-17-29-20/h8-11,16,19H,2-7,12-15,17H2,1H3/b11-9+. The van der Waals surface area contributed by atoms with Crippen LogP contribution in [0.4, 0.5) is 0 Å². The summed E-state index contributed by atoms with van der Waals surface area (Å²) in [6, 6.07) is 5.63. The fourth-order valence-electron chi connectivity index (χ4n) is 5.12. The van der Waals surface area contributed by atoms with E-state index in [9.17, 15) is 9.59 Å². The van der Waals surface area contributed by atoms with Crippen molar-refractivity contribution in [3.8, 4) is 11.5 Å². The predicted molar refractivity (Wildman–Crippen MR) is 113 cm³/mol. The molecule has 1 saturated carbocycles. The highest BCUT2D eigenvalue weighted by atomic mass is 16.7. The second kappa shape index (κ2) is 9.11. The molecular formula is C24H31NO5. The second-order valence-corrected chi connectivity index (χ2v) is 8.48. The van der Waals surface area contributed by atoms with Gasteiger partial charge in [-0.1, -0.05) is 25.3 Å². The van der Waals surface area contributed by atoms with Crippen LogP contribution in [0.1, 0.15) is 57.4 Å². The Balaban J connectivity index is 1.40. The summed E-state index contributed by atoms with van der Waals surface area (Å²) in [5.41, 5.74) is 0.474. The van der Waals surface area contributed by atoms with E-state index in [0.29, 0.717) is 44.2 Å². The number of piperidine rings is 1. The highest BCUT2D eigenvalue weighted by molar-refractivity contribution is 5.92. The largest absolute Gasteiger partial charge is 0.466 e. The van der Waals surface area contributed by atoms with Crippen LogP contribution in [0.3, 0.4) is 0 Å². The molecule has 1 aromatic carbocycles. The van der Waals surface area contributed by atoms with Crippen LogP contribution in [0.15, 0.2) is 24.3 Å². The fourth-order valence-corrected chi connectivity index (χ4v) is 5.12. The maximum Gasteiger partial charge on any atom is 0.312 e. The molecule has 1 amide bonds. The van der Waals surface area contributed by atoms with Crippen molar-refractivity contribution in [2.45, 2.75) is 51.9 Å². The minimum atomic E-state index is -0.422. The van der Waals surface area contributed by atoms with Gasteiger partial charge in [0, 0.05) is 19.2 Å². The first kappa shape index (κ1) is 20.8. The minimum Gasteiger partial charge on any atom is -0.466 e. The van der Waals surface area contributed by atoms with Crippen molar-refractivity contribution in [2.24, 2.45) is 11.3 Å². The van der Waals surface area contributed by atoms with E-state index in [2.05, 4.69) is 0 Å². The molecule has 6 nitrogen and oxygen atoms in total. The Hall–Kier alpha value is -2.50. The van der Waals surface area contributed by atoms with Crippen LogP contribution in [0.25, 0.3) is 6.08 Å². The van der Waals surface area contributed by atoms with Crippen LogP contribution in [0.2, 0.25) is 0 Å². The Kier molecular flexibility index (Phi) is 6.30. The number of carbonyl (C=O) groups excluding carboxylic acids is 2. The molecule has 6 heteroatoms. The van der Waals surface area contributed by atoms with Crippen molar-refractivity contribution in [1.29, 1.82) is 0 Å². The summed E-state index contributed by atoms with van der Waals surface area (Å²) in [5, 5.41) is 0. The topological polar surface area (TPSA) is 65.1 Å². The van der Waals surface area contributed by atoms with Gasteiger partial charge >= 0.3 is 5.97 Å². The predicted octanol–water partition coefficient (Wildman–Crippen LogP) is 4.18. The number of esters is 1. The van der Waals surface area contributed by atoms with Crippen LogP contribution in [0, 0.1) is 11.3 Å². The summed E-state index contributed by atoms with van der Waals surface area (Å²) in [4.78, 5) is 27.5. The quantitative estimate of drug-likeness (QED) is 0.535. The molecular weight excluding hydrogens is 382 g/mol. The fraction of sp³-hybridized carbons (Fsp3) is 0.583. The Labute approximate surface area is 178 Å². The summed E-state index contributed by atoms with van der Waals surface area (Å²) in [5.74, 6) is 1.74. The van der Waals surface area contributed by atoms with Gasteiger partial charge in [-0.3, -0.25) is 9.59 Å². The maximum atomic E-state index is 12.9. The lowest BCUT2D eigenvalue weighted by Crippen LogP contribution is -2.50. The number of rotatable bonds is 5. The van der Waals surface area contributed by atoms with Gasteiger partial charge in [0.05, 0.1) is 12.0 Å². The molecule has 0 radical (unpaired) electrons. The number of hydrogen-bond donors (Lipinski definition) is 0. The van der Waals surface area contributed by atoms with E-state index in [4.69, 9.17) is 14.2 Å². The summed E-state index contributed by atoms with van der Waals surface area (Å²) in [6.45, 7) is 3.71. The molecule has 2 heterocycles. The Morgan fingerprint density at radius 1 is 1.13 bits per heavy atom. The Morgan fingerprint density at radius 3 is 2.60 bits per heavy atom. The second-order valence-electron chi connectivity index (χ2n) is 8.48. The molecule has 0 N–H and O–H groups in total. The van der Waals surface area contributed by atoms with Crippen molar-refractivity contribution in [3.05, 3.63) is 29.8 Å². The number of ether oxygens (including phenoxy) is 3. The molecule has 162 valence electrons. The lowest BCUT2D eigenvalue weighted by Gasteiger charge is -2.45. The van der Waals surface area contributed by atoms with Gasteiger partial charge in [0.25, 0.3) is 0 Å². The summed E-state index contributed by atoms with van der Waals surface area (Å²) in [7, 11) is 0. The van der Waals surface area contributed by atoms with E-state index in [1.54, 1.807) is 12.2 Å². The number of hydrogen-bond acceptors (Lipinski definition) is 5. The first-order valence-electron chi connectivity index (χ1n) is 11.2. The molecule has 0 unspecified atom stereocenters. The first-order chi connectivity index (χ1) is 14.6. The molecule has 0 atom stereocenters. The van der Waals surface area contributed by atoms with Crippen molar-refractivity contribution in [2.75, 3.05) is 26.5 Å². The van der Waals surface area contributed by atoms with Crippen molar-refractivity contribution < 1.29 is 23.8 Å². The van der Waals surface area contributed by atoms with Gasteiger partial charge in [0.2, 0.25) is 12.7 Å². The zero-order valence-electron chi connectivity index (χ0n) is 17.7. The average Bonchev–Trinajstić information content (AvgIpc) is 3.26. The van der Waals surface area contributed by atoms with Gasteiger partial charge in [0.15, 0.2) is 11.5 Å². The molecule has 4 rings (SSSR count). The third-order valence-corrected chi connectivity index (χ3v) is 6.85. The monoisotopic (exact) mass is 413 g/mol. The summed E-state index contributed by atoms with van der Waals surface area (Å²) >= 11 is 0. The van der Waals surface area contributed by atoms with E-state index >= 15 is 0 Å². The maximum absolute atomic E-state index is 12.9. The van der Waals surface area contributed by atoms with Crippen LogP contribution in [0.5, 0.6) is 11.5 Å². The van der Waals surface area contributed by atoms with Crippen molar-refractivity contribution in [3.63, 3.8) is 0 Å². The van der Waals surface area contributed by atoms with Gasteiger partial charge in [-0.25, -0.2) is 0 Å². The number of carbonyl (C=O) groups is 2. The Morgan fingerprint density at radius 2 is 1.87 bits per heavy atom. The van der Waals surface area contributed by atoms with Crippen molar-refractivity contribution >= 4 is 18.0 Å². The highest BCUT2D eigenvalue weighted by Gasteiger charge is 2.49. The molecule has 2 aliphatic heterocycles. The van der Waals surface area contributed by atoms with E-state index in [1.165, 1.54) is 19.3 Å². The average molecular weight is 414 g/mol. The highest BCUT2D eigenvalue weighted by Crippen LogP contribution is 2.46. The zero-order valence-corrected chi connectivity index (χ0v) is 17.7. The van der Waals surface area contributed by atoms with Crippen LogP contribution in [-0.2, 0) is 14.3 Å². The van der Waals surface area contributed by atoms with Crippen LogP contribution in [-0.4, -0.2) is 43.3 Å². The van der Waals surface area contributed by atoms with Gasteiger partial charge in [0.1, 0.15) is 0 Å². The van der Waals surface area contributed by atoms with E-state index in [-0.39, 0.29) is 18.7 Å². The third-order valence-electron chi connectivity index (χ3n) is 6.85. The van der Waals surface area contributed by atoms with E-state index in [1.807, 2.05) is 30.0 Å². The summed E-state index contributed by atoms with van der Waals surface area (Å²) in [6.07, 6.45) is 10.6. The number of benzene rings is 1. The number of fused-ring (bicyclic) bond motifs is 1. The molecule has 1 aromatic rings. The number of likely N-dealkylation sites (tertiary alicyclic amines) is 1. The zero-order chi connectivity index (χ0) is 21.0. The molecule has 1 aliphatic carbocycles. The van der Waals surface area contributed by atoms with E-state index in [0.717, 1.165) is 24.2 Å². The van der Waals surface area contributed by atoms with Gasteiger partial charge < -0.3 is 19.1 Å². The smallest absolute Gasteiger partial charge is 0.312 e. The minimum absolute atomic E-state index is 0.0197. The van der Waals surface area contributed by atoms with Gasteiger partial charge in [-0.15, -0.1) is 0 Å². The number of nitrogens with zero attached hydrogens (tertiary/aromatic N) is 1. The van der Waals surface area contributed by atoms with Crippen molar-refractivity contribution in [1.82, 2.24) is 4.90 Å². The molecule has 1 saturated heterocycles. The molecule has 2 fully saturated rings. The SMILES string of the molecule is CCOC(=O)C1(C2CCCCC2)CCN(C(=O)/C=C/c2ccc3c(c2)OCO3)CC1. The van der Waals surface area contributed by atoms with Gasteiger partial charge in [-0.2, -0.15) is 0 Å².